The van der Waals surface area contributed by atoms with E-state index >= 15 is 0 Å². The fraction of sp³-hybridized carbons (Fsp3) is 0.692. The van der Waals surface area contributed by atoms with Crippen LogP contribution in [0.3, 0.4) is 0 Å². The molecule has 0 amide bonds. The first kappa shape index (κ1) is 16.1. The molecule has 0 aliphatic rings. The Hall–Kier alpha value is -0.910. The second kappa shape index (κ2) is 7.62. The van der Waals surface area contributed by atoms with Gasteiger partial charge in [-0.3, -0.25) is 9.48 Å². The summed E-state index contributed by atoms with van der Waals surface area (Å²) in [6.45, 7) is 5.90. The van der Waals surface area contributed by atoms with Crippen molar-refractivity contribution in [3.63, 3.8) is 0 Å². The quantitative estimate of drug-likeness (QED) is 0.739. The summed E-state index contributed by atoms with van der Waals surface area (Å²) in [5.41, 5.74) is 0.499. The van der Waals surface area contributed by atoms with Gasteiger partial charge in [0.1, 0.15) is 5.69 Å². The number of halogens is 1. The van der Waals surface area contributed by atoms with Crippen LogP contribution in [0.1, 0.15) is 30.8 Å². The van der Waals surface area contributed by atoms with Crippen LogP contribution in [0.15, 0.2) is 6.20 Å². The fourth-order valence-corrected chi connectivity index (χ4v) is 1.85. The van der Waals surface area contributed by atoms with Gasteiger partial charge in [-0.2, -0.15) is 5.10 Å². The number of nitrogens with one attached hydrogen (secondary N) is 1. The van der Waals surface area contributed by atoms with E-state index in [9.17, 15) is 4.79 Å². The molecule has 1 aromatic heterocycles. The summed E-state index contributed by atoms with van der Waals surface area (Å²) in [5, 5.41) is 7.77. The third kappa shape index (κ3) is 4.93. The second-order valence-corrected chi connectivity index (χ2v) is 5.39. The van der Waals surface area contributed by atoms with E-state index in [4.69, 9.17) is 11.6 Å². The Morgan fingerprint density at radius 3 is 2.84 bits per heavy atom. The number of aromatic nitrogens is 2. The van der Waals surface area contributed by atoms with Crippen LogP contribution in [-0.2, 0) is 6.54 Å². The molecular weight excluding hydrogens is 264 g/mol. The minimum atomic E-state index is -0.0124. The van der Waals surface area contributed by atoms with Gasteiger partial charge in [-0.25, -0.2) is 0 Å². The van der Waals surface area contributed by atoms with Crippen molar-refractivity contribution in [1.29, 1.82) is 0 Å². The fourth-order valence-electron chi connectivity index (χ4n) is 1.60. The smallest absolute Gasteiger partial charge is 0.196 e. The van der Waals surface area contributed by atoms with Crippen molar-refractivity contribution in [3.8, 4) is 0 Å². The normalized spacial score (nSPS) is 12.9. The number of ketones is 1. The van der Waals surface area contributed by atoms with Gasteiger partial charge in [0.05, 0.1) is 24.3 Å². The highest BCUT2D eigenvalue weighted by atomic mass is 35.5. The van der Waals surface area contributed by atoms with Crippen LogP contribution in [0.4, 0.5) is 0 Å². The molecule has 1 rings (SSSR count). The van der Waals surface area contributed by atoms with Gasteiger partial charge in [0.25, 0.3) is 0 Å². The minimum Gasteiger partial charge on any atom is -0.308 e. The maximum atomic E-state index is 12.2. The Bertz CT molecular complexity index is 417. The van der Waals surface area contributed by atoms with Gasteiger partial charge in [-0.15, -0.1) is 0 Å². The third-order valence-corrected chi connectivity index (χ3v) is 3.32. The molecule has 0 spiro atoms. The first-order valence-electron chi connectivity index (χ1n) is 6.58. The molecule has 0 saturated carbocycles. The van der Waals surface area contributed by atoms with E-state index in [0.29, 0.717) is 29.8 Å². The molecule has 0 radical (unpaired) electrons. The van der Waals surface area contributed by atoms with Crippen molar-refractivity contribution in [2.75, 3.05) is 27.2 Å². The predicted molar refractivity (Wildman–Crippen MR) is 77.9 cm³/mol. The molecule has 5 nitrogen and oxygen atoms in total. The van der Waals surface area contributed by atoms with Crippen LogP contribution < -0.4 is 5.32 Å². The minimum absolute atomic E-state index is 0.0124. The van der Waals surface area contributed by atoms with Crippen molar-refractivity contribution in [1.82, 2.24) is 20.0 Å². The lowest BCUT2D eigenvalue weighted by molar-refractivity contribution is 0.0976. The van der Waals surface area contributed by atoms with E-state index < -0.39 is 0 Å². The van der Waals surface area contributed by atoms with Gasteiger partial charge in [0.15, 0.2) is 5.78 Å². The lowest BCUT2D eigenvalue weighted by Crippen LogP contribution is -2.32. The van der Waals surface area contributed by atoms with Crippen LogP contribution >= 0.6 is 11.6 Å². The van der Waals surface area contributed by atoms with E-state index in [0.717, 1.165) is 13.0 Å². The maximum Gasteiger partial charge on any atom is 0.196 e. The number of carbonyl (C=O) groups is 1. The SMILES string of the molecule is CCC(C)NCC(=O)c1c(Cl)cnn1CCN(C)C. The standard InChI is InChI=1S/C13H23ClN4O/c1-5-10(2)15-9-12(19)13-11(14)8-16-18(13)7-6-17(3)4/h8,10,15H,5-7,9H2,1-4H3. The van der Waals surface area contributed by atoms with E-state index in [1.54, 1.807) is 4.68 Å². The molecule has 1 atom stereocenters. The zero-order valence-corrected chi connectivity index (χ0v) is 12.9. The van der Waals surface area contributed by atoms with Crippen LogP contribution in [0.5, 0.6) is 0 Å². The third-order valence-electron chi connectivity index (χ3n) is 3.04. The number of Topliss-reactive ketones (excluding diaryl/α,β-unsaturated/α-hetero) is 1. The van der Waals surface area contributed by atoms with Crippen molar-refractivity contribution >= 4 is 17.4 Å². The first-order valence-corrected chi connectivity index (χ1v) is 6.96. The average Bonchev–Trinajstić information content (AvgIpc) is 2.74. The molecule has 0 aliphatic carbocycles. The van der Waals surface area contributed by atoms with E-state index in [1.165, 1.54) is 6.20 Å². The molecule has 0 fully saturated rings. The summed E-state index contributed by atoms with van der Waals surface area (Å²) in [4.78, 5) is 14.2. The van der Waals surface area contributed by atoms with Gasteiger partial charge >= 0.3 is 0 Å². The van der Waals surface area contributed by atoms with Gasteiger partial charge in [0, 0.05) is 12.6 Å². The zero-order chi connectivity index (χ0) is 14.4. The Balaban J connectivity index is 2.69. The van der Waals surface area contributed by atoms with E-state index in [1.807, 2.05) is 19.0 Å². The van der Waals surface area contributed by atoms with Crippen molar-refractivity contribution < 1.29 is 4.79 Å². The lowest BCUT2D eigenvalue weighted by atomic mass is 10.2. The first-order chi connectivity index (χ1) is 8.95. The molecular formula is C13H23ClN4O. The molecule has 108 valence electrons. The van der Waals surface area contributed by atoms with Crippen molar-refractivity contribution in [2.45, 2.75) is 32.9 Å². The molecule has 19 heavy (non-hydrogen) atoms. The molecule has 1 N–H and O–H groups in total. The number of hydrogen-bond donors (Lipinski definition) is 1. The molecule has 1 heterocycles. The summed E-state index contributed by atoms with van der Waals surface area (Å²) < 4.78 is 1.68. The number of nitrogens with zero attached hydrogens (tertiary/aromatic N) is 3. The molecule has 1 unspecified atom stereocenters. The van der Waals surface area contributed by atoms with Crippen molar-refractivity contribution in [2.24, 2.45) is 0 Å². The number of hydrogen-bond acceptors (Lipinski definition) is 4. The summed E-state index contributed by atoms with van der Waals surface area (Å²) in [6.07, 6.45) is 2.52. The average molecular weight is 287 g/mol. The number of carbonyl (C=O) groups excluding carboxylic acids is 1. The molecule has 0 saturated heterocycles. The summed E-state index contributed by atoms with van der Waals surface area (Å²) in [7, 11) is 3.97. The highest BCUT2D eigenvalue weighted by Crippen LogP contribution is 2.15. The van der Waals surface area contributed by atoms with Crippen LogP contribution in [0.2, 0.25) is 5.02 Å². The molecule has 6 heteroatoms. The molecule has 1 aromatic rings. The number of likely N-dealkylation sites (N-methyl/N-ethyl adjacent to an activating group) is 1. The van der Waals surface area contributed by atoms with Gasteiger partial charge in [-0.1, -0.05) is 18.5 Å². The second-order valence-electron chi connectivity index (χ2n) is 4.98. The summed E-state index contributed by atoms with van der Waals surface area (Å²) in [6, 6.07) is 0.320. The molecule has 0 aliphatic heterocycles. The monoisotopic (exact) mass is 286 g/mol. The topological polar surface area (TPSA) is 50.2 Å². The Labute approximate surface area is 119 Å². The van der Waals surface area contributed by atoms with Crippen LogP contribution in [0, 0.1) is 0 Å². The maximum absolute atomic E-state index is 12.2. The van der Waals surface area contributed by atoms with Gasteiger partial charge < -0.3 is 10.2 Å². The van der Waals surface area contributed by atoms with E-state index in [2.05, 4.69) is 24.3 Å². The zero-order valence-electron chi connectivity index (χ0n) is 12.1. The van der Waals surface area contributed by atoms with Gasteiger partial charge in [-0.05, 0) is 27.4 Å². The molecule has 0 aromatic carbocycles. The summed E-state index contributed by atoms with van der Waals surface area (Å²) in [5.74, 6) is -0.0124. The Morgan fingerprint density at radius 2 is 2.26 bits per heavy atom. The highest BCUT2D eigenvalue weighted by molar-refractivity contribution is 6.33. The molecule has 0 bridgehead atoms. The predicted octanol–water partition coefficient (Wildman–Crippen LogP) is 1.67. The summed E-state index contributed by atoms with van der Waals surface area (Å²) >= 11 is 6.06. The number of rotatable bonds is 8. The van der Waals surface area contributed by atoms with E-state index in [-0.39, 0.29) is 5.78 Å². The van der Waals surface area contributed by atoms with Gasteiger partial charge in [0.2, 0.25) is 0 Å². The highest BCUT2D eigenvalue weighted by Gasteiger charge is 2.17. The Kier molecular flexibility index (Phi) is 6.48. The Morgan fingerprint density at radius 1 is 1.58 bits per heavy atom. The van der Waals surface area contributed by atoms with Crippen LogP contribution in [0.25, 0.3) is 0 Å². The largest absolute Gasteiger partial charge is 0.308 e. The van der Waals surface area contributed by atoms with Crippen LogP contribution in [-0.4, -0.2) is 53.7 Å². The van der Waals surface area contributed by atoms with Crippen molar-refractivity contribution in [3.05, 3.63) is 16.9 Å². The lowest BCUT2D eigenvalue weighted by Gasteiger charge is -2.13.